The van der Waals surface area contributed by atoms with E-state index in [4.69, 9.17) is 5.73 Å². The molecule has 0 spiro atoms. The van der Waals surface area contributed by atoms with E-state index in [-0.39, 0.29) is 24.4 Å². The summed E-state index contributed by atoms with van der Waals surface area (Å²) >= 11 is 0. The molecule has 24 heavy (non-hydrogen) atoms. The third kappa shape index (κ3) is 5.93. The molecule has 0 aliphatic carbocycles. The van der Waals surface area contributed by atoms with Crippen molar-refractivity contribution in [1.82, 2.24) is 5.32 Å². The van der Waals surface area contributed by atoms with Crippen LogP contribution in [0.25, 0.3) is 0 Å². The number of aryl methyl sites for hydroxylation is 2. The van der Waals surface area contributed by atoms with Gasteiger partial charge >= 0.3 is 6.03 Å². The SMILES string of the molecule is Cc1cccc(C)c1NC(=O)NC(N)=NCCc1ccccc1.Cl. The Morgan fingerprint density at radius 3 is 2.29 bits per heavy atom. The maximum Gasteiger partial charge on any atom is 0.326 e. The number of nitrogens with two attached hydrogens (primary N) is 1. The summed E-state index contributed by atoms with van der Waals surface area (Å²) in [4.78, 5) is 16.1. The predicted molar refractivity (Wildman–Crippen MR) is 102 cm³/mol. The van der Waals surface area contributed by atoms with Gasteiger partial charge in [0, 0.05) is 12.2 Å². The second-order valence-electron chi connectivity index (χ2n) is 5.35. The quantitative estimate of drug-likeness (QED) is 0.586. The lowest BCUT2D eigenvalue weighted by atomic mass is 10.1. The number of carbonyl (C=O) groups is 1. The molecule has 2 amide bonds. The summed E-state index contributed by atoms with van der Waals surface area (Å²) in [5.41, 5.74) is 9.72. The van der Waals surface area contributed by atoms with Gasteiger partial charge < -0.3 is 11.1 Å². The third-order valence-electron chi connectivity index (χ3n) is 3.49. The fourth-order valence-electron chi connectivity index (χ4n) is 2.26. The smallest absolute Gasteiger partial charge is 0.326 e. The molecule has 0 aromatic heterocycles. The van der Waals surface area contributed by atoms with Crippen LogP contribution in [0, 0.1) is 13.8 Å². The molecular formula is C18H23ClN4O. The molecule has 6 heteroatoms. The van der Waals surface area contributed by atoms with Crippen LogP contribution in [0.1, 0.15) is 16.7 Å². The molecule has 0 radical (unpaired) electrons. The van der Waals surface area contributed by atoms with E-state index in [1.54, 1.807) is 0 Å². The van der Waals surface area contributed by atoms with E-state index in [0.29, 0.717) is 6.54 Å². The van der Waals surface area contributed by atoms with E-state index in [2.05, 4.69) is 15.6 Å². The highest BCUT2D eigenvalue weighted by Crippen LogP contribution is 2.18. The summed E-state index contributed by atoms with van der Waals surface area (Å²) in [5.74, 6) is 0.115. The number of nitrogens with zero attached hydrogens (tertiary/aromatic N) is 1. The fraction of sp³-hybridized carbons (Fsp3) is 0.222. The minimum atomic E-state index is -0.386. The minimum absolute atomic E-state index is 0. The summed E-state index contributed by atoms with van der Waals surface area (Å²) in [6, 6.07) is 15.5. The van der Waals surface area contributed by atoms with Crippen molar-refractivity contribution in [2.75, 3.05) is 11.9 Å². The Morgan fingerprint density at radius 1 is 1.04 bits per heavy atom. The lowest BCUT2D eigenvalue weighted by Gasteiger charge is -2.12. The molecule has 0 fully saturated rings. The molecule has 0 aliphatic rings. The molecule has 0 aliphatic heterocycles. The van der Waals surface area contributed by atoms with Crippen molar-refractivity contribution >= 4 is 30.1 Å². The Morgan fingerprint density at radius 2 is 1.67 bits per heavy atom. The zero-order valence-electron chi connectivity index (χ0n) is 13.9. The largest absolute Gasteiger partial charge is 0.370 e. The average molecular weight is 347 g/mol. The molecule has 0 unspecified atom stereocenters. The van der Waals surface area contributed by atoms with Crippen molar-refractivity contribution in [3.8, 4) is 0 Å². The lowest BCUT2D eigenvalue weighted by Crippen LogP contribution is -2.40. The Bertz CT molecular complexity index is 681. The lowest BCUT2D eigenvalue weighted by molar-refractivity contribution is 0.256. The van der Waals surface area contributed by atoms with E-state index >= 15 is 0 Å². The van der Waals surface area contributed by atoms with Crippen LogP contribution >= 0.6 is 12.4 Å². The zero-order chi connectivity index (χ0) is 16.7. The van der Waals surface area contributed by atoms with Gasteiger partial charge in [-0.3, -0.25) is 10.3 Å². The van der Waals surface area contributed by atoms with Crippen molar-refractivity contribution in [3.05, 3.63) is 65.2 Å². The number of urea groups is 1. The van der Waals surface area contributed by atoms with E-state index in [1.807, 2.05) is 62.4 Å². The maximum atomic E-state index is 12.0. The van der Waals surface area contributed by atoms with Gasteiger partial charge in [0.05, 0.1) is 0 Å². The van der Waals surface area contributed by atoms with Crippen molar-refractivity contribution in [2.45, 2.75) is 20.3 Å². The summed E-state index contributed by atoms with van der Waals surface area (Å²) < 4.78 is 0. The van der Waals surface area contributed by atoms with Crippen LogP contribution < -0.4 is 16.4 Å². The number of hydrogen-bond donors (Lipinski definition) is 3. The van der Waals surface area contributed by atoms with Gasteiger partial charge in [0.25, 0.3) is 0 Å². The van der Waals surface area contributed by atoms with Gasteiger partial charge in [-0.1, -0.05) is 48.5 Å². The Kier molecular flexibility index (Phi) is 7.79. The van der Waals surface area contributed by atoms with Crippen LogP contribution in [0.2, 0.25) is 0 Å². The highest BCUT2D eigenvalue weighted by Gasteiger charge is 2.07. The van der Waals surface area contributed by atoms with Gasteiger partial charge in [0.1, 0.15) is 0 Å². The predicted octanol–water partition coefficient (Wildman–Crippen LogP) is 3.40. The fourth-order valence-corrected chi connectivity index (χ4v) is 2.26. The first-order valence-electron chi connectivity index (χ1n) is 7.54. The highest BCUT2D eigenvalue weighted by atomic mass is 35.5. The van der Waals surface area contributed by atoms with E-state index in [0.717, 1.165) is 23.2 Å². The average Bonchev–Trinajstić information content (AvgIpc) is 2.52. The van der Waals surface area contributed by atoms with Crippen molar-refractivity contribution < 1.29 is 4.79 Å². The number of nitrogens with one attached hydrogen (secondary N) is 2. The Balaban J connectivity index is 0.00000288. The number of aliphatic imine (C=N–C) groups is 1. The molecule has 4 N–H and O–H groups in total. The van der Waals surface area contributed by atoms with Crippen LogP contribution in [0.3, 0.4) is 0 Å². The molecule has 0 atom stereocenters. The number of guanidine groups is 1. The molecule has 0 saturated heterocycles. The number of amides is 2. The van der Waals surface area contributed by atoms with Gasteiger partial charge in [0.15, 0.2) is 5.96 Å². The number of hydrogen-bond acceptors (Lipinski definition) is 2. The van der Waals surface area contributed by atoms with Crippen LogP contribution in [-0.2, 0) is 6.42 Å². The van der Waals surface area contributed by atoms with E-state index in [9.17, 15) is 4.79 Å². The second kappa shape index (κ2) is 9.57. The van der Waals surface area contributed by atoms with Crippen LogP contribution in [0.15, 0.2) is 53.5 Å². The molecule has 0 heterocycles. The summed E-state index contributed by atoms with van der Waals surface area (Å²) in [6.07, 6.45) is 0.780. The van der Waals surface area contributed by atoms with Gasteiger partial charge in [-0.15, -0.1) is 12.4 Å². The van der Waals surface area contributed by atoms with Gasteiger partial charge in [0.2, 0.25) is 0 Å². The standard InChI is InChI=1S/C18H22N4O.ClH/c1-13-7-6-8-14(2)16(13)21-18(23)22-17(19)20-12-11-15-9-4-3-5-10-15;/h3-10H,11-12H2,1-2H3,(H4,19,20,21,22,23);1H. The molecule has 2 rings (SSSR count). The first-order chi connectivity index (χ1) is 11.1. The second-order valence-corrected chi connectivity index (χ2v) is 5.35. The van der Waals surface area contributed by atoms with E-state index in [1.165, 1.54) is 5.56 Å². The van der Waals surface area contributed by atoms with Crippen molar-refractivity contribution in [3.63, 3.8) is 0 Å². The zero-order valence-corrected chi connectivity index (χ0v) is 14.7. The summed E-state index contributed by atoms with van der Waals surface area (Å²) in [7, 11) is 0. The van der Waals surface area contributed by atoms with Crippen molar-refractivity contribution in [2.24, 2.45) is 10.7 Å². The van der Waals surface area contributed by atoms with Gasteiger partial charge in [-0.05, 0) is 37.0 Å². The van der Waals surface area contributed by atoms with Gasteiger partial charge in [-0.25, -0.2) is 4.79 Å². The number of carbonyl (C=O) groups excluding carboxylic acids is 1. The molecule has 5 nitrogen and oxygen atoms in total. The third-order valence-corrected chi connectivity index (χ3v) is 3.49. The number of halogens is 1. The first-order valence-corrected chi connectivity index (χ1v) is 7.54. The van der Waals surface area contributed by atoms with Crippen LogP contribution in [0.4, 0.5) is 10.5 Å². The molecule has 128 valence electrons. The highest BCUT2D eigenvalue weighted by molar-refractivity contribution is 6.02. The van der Waals surface area contributed by atoms with Crippen LogP contribution in [0.5, 0.6) is 0 Å². The summed E-state index contributed by atoms with van der Waals surface area (Å²) in [5, 5.41) is 5.35. The molecular weight excluding hydrogens is 324 g/mol. The van der Waals surface area contributed by atoms with E-state index < -0.39 is 0 Å². The van der Waals surface area contributed by atoms with Crippen molar-refractivity contribution in [1.29, 1.82) is 0 Å². The summed E-state index contributed by atoms with van der Waals surface area (Å²) in [6.45, 7) is 4.42. The first kappa shape index (κ1) is 19.5. The molecule has 2 aromatic carbocycles. The topological polar surface area (TPSA) is 79.5 Å². The normalized spacial score (nSPS) is 10.7. The maximum absolute atomic E-state index is 12.0. The number of rotatable bonds is 4. The molecule has 2 aromatic rings. The molecule has 0 bridgehead atoms. The number of benzene rings is 2. The monoisotopic (exact) mass is 346 g/mol. The Hall–Kier alpha value is -2.53. The Labute approximate surface area is 148 Å². The number of para-hydroxylation sites is 1. The van der Waals surface area contributed by atoms with Gasteiger partial charge in [-0.2, -0.15) is 0 Å². The minimum Gasteiger partial charge on any atom is -0.370 e. The van der Waals surface area contributed by atoms with Crippen LogP contribution in [-0.4, -0.2) is 18.5 Å². The number of anilines is 1. The molecule has 0 saturated carbocycles.